The van der Waals surface area contributed by atoms with Crippen molar-refractivity contribution in [2.75, 3.05) is 12.0 Å². The lowest BCUT2D eigenvalue weighted by molar-refractivity contribution is -0.118. The topological polar surface area (TPSA) is 62.1 Å². The fourth-order valence-corrected chi connectivity index (χ4v) is 3.12. The summed E-state index contributed by atoms with van der Waals surface area (Å²) in [4.78, 5) is 14.5. The van der Waals surface area contributed by atoms with E-state index in [9.17, 15) is 4.79 Å². The van der Waals surface area contributed by atoms with Crippen molar-refractivity contribution in [3.8, 4) is 5.75 Å². The summed E-state index contributed by atoms with van der Waals surface area (Å²) in [6.07, 6.45) is 3.35. The zero-order valence-corrected chi connectivity index (χ0v) is 15.2. The molecule has 5 nitrogen and oxygen atoms in total. The number of halogens is 1. The molecule has 0 atom stereocenters. The number of ether oxygens (including phenoxy) is 1. The summed E-state index contributed by atoms with van der Waals surface area (Å²) in [6.45, 7) is 0.448. The minimum atomic E-state index is -0.0566. The second kappa shape index (κ2) is 7.53. The van der Waals surface area contributed by atoms with Crippen LogP contribution in [0.5, 0.6) is 5.75 Å². The molecule has 1 amide bonds. The SMILES string of the molecule is COc1ccc(CN2C(=O)CC(C=NO)=Cc3ccc(Br)cc32)cc1. The highest BCUT2D eigenvalue weighted by Crippen LogP contribution is 2.32. The molecule has 0 bridgehead atoms. The van der Waals surface area contributed by atoms with Gasteiger partial charge < -0.3 is 14.8 Å². The van der Waals surface area contributed by atoms with E-state index in [1.54, 1.807) is 12.0 Å². The van der Waals surface area contributed by atoms with Gasteiger partial charge in [-0.05, 0) is 47.0 Å². The highest BCUT2D eigenvalue weighted by molar-refractivity contribution is 9.10. The number of amides is 1. The van der Waals surface area contributed by atoms with Crippen LogP contribution in [0.15, 0.2) is 57.7 Å². The smallest absolute Gasteiger partial charge is 0.231 e. The van der Waals surface area contributed by atoms with Crippen molar-refractivity contribution in [2.45, 2.75) is 13.0 Å². The van der Waals surface area contributed by atoms with Crippen molar-refractivity contribution in [3.05, 3.63) is 63.6 Å². The van der Waals surface area contributed by atoms with Gasteiger partial charge in [-0.2, -0.15) is 0 Å². The number of oxime groups is 1. The summed E-state index contributed by atoms with van der Waals surface area (Å²) in [5, 5.41) is 11.9. The van der Waals surface area contributed by atoms with E-state index in [2.05, 4.69) is 21.1 Å². The Morgan fingerprint density at radius 3 is 2.72 bits per heavy atom. The van der Waals surface area contributed by atoms with Crippen molar-refractivity contribution in [1.82, 2.24) is 0 Å². The number of carbonyl (C=O) groups is 1. The Hall–Kier alpha value is -2.60. The summed E-state index contributed by atoms with van der Waals surface area (Å²) in [6, 6.07) is 13.4. The number of anilines is 1. The number of benzene rings is 2. The standard InChI is InChI=1S/C19H17BrN2O3/c1-25-17-6-2-13(3-7-17)12-22-18-10-16(20)5-4-15(18)8-14(11-21-24)9-19(22)23/h2-8,10-11,24H,9,12H2,1H3. The number of carbonyl (C=O) groups excluding carboxylic acids is 1. The van der Waals surface area contributed by atoms with Crippen LogP contribution in [0.4, 0.5) is 5.69 Å². The van der Waals surface area contributed by atoms with Gasteiger partial charge >= 0.3 is 0 Å². The minimum Gasteiger partial charge on any atom is -0.497 e. The van der Waals surface area contributed by atoms with E-state index in [-0.39, 0.29) is 12.3 Å². The molecule has 1 heterocycles. The van der Waals surface area contributed by atoms with E-state index in [1.165, 1.54) is 6.21 Å². The molecule has 1 aliphatic heterocycles. The number of nitrogens with zero attached hydrogens (tertiary/aromatic N) is 2. The Kier molecular flexibility index (Phi) is 5.19. The lowest BCUT2D eigenvalue weighted by atomic mass is 10.1. The molecule has 3 rings (SSSR count). The summed E-state index contributed by atoms with van der Waals surface area (Å²) in [5.41, 5.74) is 3.38. The van der Waals surface area contributed by atoms with Gasteiger partial charge in [0.2, 0.25) is 5.91 Å². The predicted octanol–water partition coefficient (Wildman–Crippen LogP) is 4.24. The fraction of sp³-hybridized carbons (Fsp3) is 0.158. The first kappa shape index (κ1) is 17.2. The monoisotopic (exact) mass is 400 g/mol. The van der Waals surface area contributed by atoms with Gasteiger partial charge in [-0.1, -0.05) is 39.3 Å². The molecule has 128 valence electrons. The Bertz CT molecular complexity index is 844. The van der Waals surface area contributed by atoms with Crippen LogP contribution in [-0.4, -0.2) is 24.4 Å². The molecule has 0 radical (unpaired) electrons. The quantitative estimate of drug-likeness (QED) is 0.474. The largest absolute Gasteiger partial charge is 0.497 e. The Morgan fingerprint density at radius 1 is 1.28 bits per heavy atom. The van der Waals surface area contributed by atoms with Crippen LogP contribution in [0.25, 0.3) is 6.08 Å². The maximum Gasteiger partial charge on any atom is 0.231 e. The van der Waals surface area contributed by atoms with Crippen LogP contribution in [0, 0.1) is 0 Å². The molecule has 2 aromatic carbocycles. The van der Waals surface area contributed by atoms with Crippen molar-refractivity contribution in [3.63, 3.8) is 0 Å². The maximum absolute atomic E-state index is 12.8. The van der Waals surface area contributed by atoms with Crippen LogP contribution in [-0.2, 0) is 11.3 Å². The van der Waals surface area contributed by atoms with Crippen LogP contribution < -0.4 is 9.64 Å². The first-order chi connectivity index (χ1) is 12.1. The first-order valence-corrected chi connectivity index (χ1v) is 8.51. The van der Waals surface area contributed by atoms with Crippen molar-refractivity contribution < 1.29 is 14.7 Å². The van der Waals surface area contributed by atoms with Gasteiger partial charge in [-0.25, -0.2) is 0 Å². The summed E-state index contributed by atoms with van der Waals surface area (Å²) in [5.74, 6) is 0.719. The van der Waals surface area contributed by atoms with E-state index in [1.807, 2.05) is 48.5 Å². The molecule has 1 N–H and O–H groups in total. The number of fused-ring (bicyclic) bond motifs is 1. The van der Waals surface area contributed by atoms with Crippen LogP contribution >= 0.6 is 15.9 Å². The molecule has 0 saturated carbocycles. The van der Waals surface area contributed by atoms with Gasteiger partial charge in [0.05, 0.1) is 32.0 Å². The number of hydrogen-bond donors (Lipinski definition) is 1. The number of methoxy groups -OCH3 is 1. The first-order valence-electron chi connectivity index (χ1n) is 7.71. The molecule has 0 aliphatic carbocycles. The van der Waals surface area contributed by atoms with Crippen molar-refractivity contribution in [2.24, 2.45) is 5.16 Å². The molecule has 0 saturated heterocycles. The molecule has 0 fully saturated rings. The summed E-state index contributed by atoms with van der Waals surface area (Å²) >= 11 is 3.47. The van der Waals surface area contributed by atoms with E-state index in [0.29, 0.717) is 12.1 Å². The highest BCUT2D eigenvalue weighted by atomic mass is 79.9. The Labute approximate surface area is 154 Å². The Balaban J connectivity index is 1.99. The maximum atomic E-state index is 12.8. The molecule has 0 aromatic heterocycles. The third-order valence-corrected chi connectivity index (χ3v) is 4.50. The molecule has 0 unspecified atom stereocenters. The zero-order valence-electron chi connectivity index (χ0n) is 13.6. The van der Waals surface area contributed by atoms with E-state index in [4.69, 9.17) is 9.94 Å². The minimum absolute atomic E-state index is 0.0566. The van der Waals surface area contributed by atoms with E-state index >= 15 is 0 Å². The average molecular weight is 401 g/mol. The lowest BCUT2D eigenvalue weighted by Crippen LogP contribution is -2.30. The lowest BCUT2D eigenvalue weighted by Gasteiger charge is -2.23. The number of rotatable bonds is 4. The van der Waals surface area contributed by atoms with Gasteiger partial charge in [-0.3, -0.25) is 4.79 Å². The van der Waals surface area contributed by atoms with Gasteiger partial charge in [0.25, 0.3) is 0 Å². The normalized spacial score (nSPS) is 14.2. The molecular formula is C19H17BrN2O3. The van der Waals surface area contributed by atoms with E-state index in [0.717, 1.165) is 27.0 Å². The van der Waals surface area contributed by atoms with Crippen LogP contribution in [0.2, 0.25) is 0 Å². The van der Waals surface area contributed by atoms with E-state index < -0.39 is 0 Å². The summed E-state index contributed by atoms with van der Waals surface area (Å²) in [7, 11) is 1.62. The van der Waals surface area contributed by atoms with Crippen molar-refractivity contribution in [1.29, 1.82) is 0 Å². The van der Waals surface area contributed by atoms with Gasteiger partial charge in [0.15, 0.2) is 0 Å². The van der Waals surface area contributed by atoms with Gasteiger partial charge in [0.1, 0.15) is 5.75 Å². The molecular weight excluding hydrogens is 384 g/mol. The van der Waals surface area contributed by atoms with Gasteiger partial charge in [-0.15, -0.1) is 0 Å². The van der Waals surface area contributed by atoms with Crippen molar-refractivity contribution >= 4 is 39.8 Å². The second-order valence-corrected chi connectivity index (χ2v) is 6.59. The van der Waals surface area contributed by atoms with Crippen LogP contribution in [0.3, 0.4) is 0 Å². The van der Waals surface area contributed by atoms with Crippen LogP contribution in [0.1, 0.15) is 17.5 Å². The third-order valence-electron chi connectivity index (χ3n) is 4.00. The Morgan fingerprint density at radius 2 is 2.04 bits per heavy atom. The predicted molar refractivity (Wildman–Crippen MR) is 101 cm³/mol. The zero-order chi connectivity index (χ0) is 17.8. The highest BCUT2D eigenvalue weighted by Gasteiger charge is 2.23. The summed E-state index contributed by atoms with van der Waals surface area (Å²) < 4.78 is 6.07. The molecule has 1 aliphatic rings. The third kappa shape index (κ3) is 3.91. The van der Waals surface area contributed by atoms with Gasteiger partial charge in [0, 0.05) is 4.47 Å². The number of hydrogen-bond acceptors (Lipinski definition) is 4. The fourth-order valence-electron chi connectivity index (χ4n) is 2.77. The molecule has 2 aromatic rings. The molecule has 25 heavy (non-hydrogen) atoms. The molecule has 0 spiro atoms. The molecule has 6 heteroatoms. The average Bonchev–Trinajstić information content (AvgIpc) is 2.73. The second-order valence-electron chi connectivity index (χ2n) is 5.67.